The van der Waals surface area contributed by atoms with Crippen LogP contribution in [0.1, 0.15) is 12.8 Å². The van der Waals surface area contributed by atoms with E-state index in [2.05, 4.69) is 10.6 Å². The molecule has 1 atom stereocenters. The first-order valence-electron chi connectivity index (χ1n) is 4.38. The van der Waals surface area contributed by atoms with Gasteiger partial charge in [0, 0.05) is 42.8 Å². The van der Waals surface area contributed by atoms with Crippen LogP contribution in [0.15, 0.2) is 0 Å². The molecule has 0 aromatic heterocycles. The molecule has 0 aliphatic heterocycles. The van der Waals surface area contributed by atoms with E-state index in [1.807, 2.05) is 0 Å². The summed E-state index contributed by atoms with van der Waals surface area (Å²) in [6, 6.07) is 0. The summed E-state index contributed by atoms with van der Waals surface area (Å²) in [6.45, 7) is 1.52. The number of hydrogen-bond donors (Lipinski definition) is 2. The standard InChI is InChI=1S/C8H18N2O2S/c1-9-8(11)4-6-10-5-3-7-13(2)12/h10H,3-7H2,1-2H3,(H,9,11). The van der Waals surface area contributed by atoms with Gasteiger partial charge in [0.1, 0.15) is 0 Å². The lowest BCUT2D eigenvalue weighted by molar-refractivity contribution is -0.120. The van der Waals surface area contributed by atoms with Crippen molar-refractivity contribution in [1.29, 1.82) is 0 Å². The molecular weight excluding hydrogens is 188 g/mol. The molecule has 0 aliphatic carbocycles. The monoisotopic (exact) mass is 206 g/mol. The zero-order valence-corrected chi connectivity index (χ0v) is 9.08. The lowest BCUT2D eigenvalue weighted by atomic mass is 10.4. The fourth-order valence-corrected chi connectivity index (χ4v) is 1.40. The third-order valence-corrected chi connectivity index (χ3v) is 2.46. The maximum atomic E-state index is 10.8. The van der Waals surface area contributed by atoms with E-state index >= 15 is 0 Å². The van der Waals surface area contributed by atoms with Gasteiger partial charge in [0.2, 0.25) is 5.91 Å². The molecule has 0 saturated heterocycles. The Morgan fingerprint density at radius 3 is 2.62 bits per heavy atom. The van der Waals surface area contributed by atoms with Gasteiger partial charge in [0.15, 0.2) is 0 Å². The van der Waals surface area contributed by atoms with Gasteiger partial charge in [-0.3, -0.25) is 9.00 Å². The second-order valence-electron chi connectivity index (χ2n) is 2.80. The molecule has 0 aromatic rings. The normalized spacial score (nSPS) is 12.5. The summed E-state index contributed by atoms with van der Waals surface area (Å²) >= 11 is 0. The second kappa shape index (κ2) is 8.19. The second-order valence-corrected chi connectivity index (χ2v) is 4.36. The number of carbonyl (C=O) groups excluding carboxylic acids is 1. The van der Waals surface area contributed by atoms with Gasteiger partial charge in [-0.05, 0) is 13.0 Å². The number of rotatable bonds is 7. The van der Waals surface area contributed by atoms with Crippen LogP contribution in [0.3, 0.4) is 0 Å². The smallest absolute Gasteiger partial charge is 0.221 e. The van der Waals surface area contributed by atoms with Crippen molar-refractivity contribution in [2.75, 3.05) is 32.1 Å². The van der Waals surface area contributed by atoms with Crippen LogP contribution in [-0.4, -0.2) is 42.3 Å². The Balaban J connectivity index is 3.08. The Kier molecular flexibility index (Phi) is 7.93. The Morgan fingerprint density at radius 1 is 1.38 bits per heavy atom. The van der Waals surface area contributed by atoms with E-state index in [-0.39, 0.29) is 5.91 Å². The quantitative estimate of drug-likeness (QED) is 0.551. The van der Waals surface area contributed by atoms with Crippen LogP contribution in [0.2, 0.25) is 0 Å². The van der Waals surface area contributed by atoms with Gasteiger partial charge >= 0.3 is 0 Å². The predicted octanol–water partition coefficient (Wildman–Crippen LogP) is -0.519. The van der Waals surface area contributed by atoms with Crippen LogP contribution in [0.25, 0.3) is 0 Å². The van der Waals surface area contributed by atoms with Crippen LogP contribution in [-0.2, 0) is 15.6 Å². The Labute approximate surface area is 81.9 Å². The molecule has 0 aliphatic rings. The minimum Gasteiger partial charge on any atom is -0.359 e. The fraction of sp³-hybridized carbons (Fsp3) is 0.875. The molecule has 2 N–H and O–H groups in total. The van der Waals surface area contributed by atoms with E-state index in [0.717, 1.165) is 18.7 Å². The summed E-state index contributed by atoms with van der Waals surface area (Å²) in [4.78, 5) is 10.8. The van der Waals surface area contributed by atoms with Gasteiger partial charge < -0.3 is 10.6 Å². The van der Waals surface area contributed by atoms with Gasteiger partial charge in [-0.25, -0.2) is 0 Å². The van der Waals surface area contributed by atoms with Crippen LogP contribution < -0.4 is 10.6 Å². The molecule has 0 spiro atoms. The van der Waals surface area contributed by atoms with Crippen molar-refractivity contribution in [2.24, 2.45) is 0 Å². The molecule has 0 fully saturated rings. The third-order valence-electron chi connectivity index (χ3n) is 1.59. The lowest BCUT2D eigenvalue weighted by Crippen LogP contribution is -2.25. The number of nitrogens with one attached hydrogen (secondary N) is 2. The van der Waals surface area contributed by atoms with E-state index in [1.54, 1.807) is 13.3 Å². The average Bonchev–Trinajstić information content (AvgIpc) is 2.10. The SMILES string of the molecule is CNC(=O)CCNCCCS(C)=O. The zero-order chi connectivity index (χ0) is 10.1. The molecule has 0 aromatic carbocycles. The minimum atomic E-state index is -0.701. The molecular formula is C8H18N2O2S. The summed E-state index contributed by atoms with van der Waals surface area (Å²) in [5.41, 5.74) is 0. The first-order chi connectivity index (χ1) is 6.16. The highest BCUT2D eigenvalue weighted by molar-refractivity contribution is 7.84. The molecule has 0 rings (SSSR count). The number of hydrogen-bond acceptors (Lipinski definition) is 3. The van der Waals surface area contributed by atoms with Crippen LogP contribution in [0, 0.1) is 0 Å². The largest absolute Gasteiger partial charge is 0.359 e. The van der Waals surface area contributed by atoms with E-state index < -0.39 is 10.8 Å². The van der Waals surface area contributed by atoms with Gasteiger partial charge in [0.05, 0.1) is 0 Å². The maximum absolute atomic E-state index is 10.8. The van der Waals surface area contributed by atoms with Gasteiger partial charge in [-0.15, -0.1) is 0 Å². The molecule has 4 nitrogen and oxygen atoms in total. The van der Waals surface area contributed by atoms with Crippen LogP contribution >= 0.6 is 0 Å². The molecule has 1 amide bonds. The van der Waals surface area contributed by atoms with E-state index in [9.17, 15) is 9.00 Å². The third kappa shape index (κ3) is 9.49. The lowest BCUT2D eigenvalue weighted by Gasteiger charge is -2.02. The van der Waals surface area contributed by atoms with E-state index in [4.69, 9.17) is 0 Å². The van der Waals surface area contributed by atoms with E-state index in [0.29, 0.717) is 13.0 Å². The predicted molar refractivity (Wildman–Crippen MR) is 55.1 cm³/mol. The molecule has 0 radical (unpaired) electrons. The summed E-state index contributed by atoms with van der Waals surface area (Å²) in [6.07, 6.45) is 3.10. The topological polar surface area (TPSA) is 58.2 Å². The summed E-state index contributed by atoms with van der Waals surface area (Å²) < 4.78 is 10.7. The molecule has 0 saturated carbocycles. The van der Waals surface area contributed by atoms with Crippen molar-refractivity contribution >= 4 is 16.7 Å². The van der Waals surface area contributed by atoms with E-state index in [1.165, 1.54) is 0 Å². The number of carbonyl (C=O) groups is 1. The van der Waals surface area contributed by atoms with Crippen LogP contribution in [0.4, 0.5) is 0 Å². The van der Waals surface area contributed by atoms with Crippen molar-refractivity contribution in [3.05, 3.63) is 0 Å². The number of amides is 1. The minimum absolute atomic E-state index is 0.0477. The van der Waals surface area contributed by atoms with Crippen molar-refractivity contribution in [1.82, 2.24) is 10.6 Å². The Morgan fingerprint density at radius 2 is 2.08 bits per heavy atom. The van der Waals surface area contributed by atoms with Crippen molar-refractivity contribution < 1.29 is 9.00 Å². The highest BCUT2D eigenvalue weighted by atomic mass is 32.2. The van der Waals surface area contributed by atoms with Crippen molar-refractivity contribution in [3.8, 4) is 0 Å². The van der Waals surface area contributed by atoms with Crippen molar-refractivity contribution in [2.45, 2.75) is 12.8 Å². The first kappa shape index (κ1) is 12.6. The van der Waals surface area contributed by atoms with Gasteiger partial charge in [-0.2, -0.15) is 0 Å². The molecule has 0 bridgehead atoms. The summed E-state index contributed by atoms with van der Waals surface area (Å²) in [7, 11) is 0.927. The zero-order valence-electron chi connectivity index (χ0n) is 8.26. The molecule has 78 valence electrons. The highest BCUT2D eigenvalue weighted by Crippen LogP contribution is 1.82. The molecule has 13 heavy (non-hydrogen) atoms. The first-order valence-corrected chi connectivity index (χ1v) is 6.11. The molecule has 1 unspecified atom stereocenters. The van der Waals surface area contributed by atoms with Crippen LogP contribution in [0.5, 0.6) is 0 Å². The molecule has 0 heterocycles. The fourth-order valence-electron chi connectivity index (χ4n) is 0.852. The van der Waals surface area contributed by atoms with Gasteiger partial charge in [-0.1, -0.05) is 0 Å². The summed E-state index contributed by atoms with van der Waals surface area (Å²) in [5.74, 6) is 0.777. The van der Waals surface area contributed by atoms with Gasteiger partial charge in [0.25, 0.3) is 0 Å². The average molecular weight is 206 g/mol. The highest BCUT2D eigenvalue weighted by Gasteiger charge is 1.96. The van der Waals surface area contributed by atoms with Crippen molar-refractivity contribution in [3.63, 3.8) is 0 Å². The molecule has 5 heteroatoms. The Hall–Kier alpha value is -0.420. The Bertz CT molecular complexity index is 174. The maximum Gasteiger partial charge on any atom is 0.221 e. The summed E-state index contributed by atoms with van der Waals surface area (Å²) in [5, 5.41) is 5.66.